The third kappa shape index (κ3) is 3.45. The highest BCUT2D eigenvalue weighted by molar-refractivity contribution is 6.04. The van der Waals surface area contributed by atoms with Crippen molar-refractivity contribution in [1.29, 1.82) is 0 Å². The van der Waals surface area contributed by atoms with Crippen molar-refractivity contribution >= 4 is 11.5 Å². The molecule has 24 heavy (non-hydrogen) atoms. The number of nitrogens with zero attached hydrogens (tertiary/aromatic N) is 1. The molecule has 0 bridgehead atoms. The smallest absolute Gasteiger partial charge is 0.280 e. The second-order valence-corrected chi connectivity index (χ2v) is 6.02. The highest BCUT2D eigenvalue weighted by Gasteiger charge is 2.26. The summed E-state index contributed by atoms with van der Waals surface area (Å²) in [6.07, 6.45) is 0. The molecule has 0 N–H and O–H groups in total. The Hall–Kier alpha value is -2.69. The fourth-order valence-electron chi connectivity index (χ4n) is 2.66. The number of benzene rings is 2. The number of rotatable bonds is 6. The Kier molecular flexibility index (Phi) is 5.34. The van der Waals surface area contributed by atoms with Crippen LogP contribution >= 0.6 is 0 Å². The molecule has 0 aliphatic rings. The first-order valence-corrected chi connectivity index (χ1v) is 7.82. The van der Waals surface area contributed by atoms with Gasteiger partial charge in [0.2, 0.25) is 0 Å². The second kappa shape index (κ2) is 7.25. The molecular formula is C19H21NO4. The summed E-state index contributed by atoms with van der Waals surface area (Å²) in [4.78, 5) is 23.4. The van der Waals surface area contributed by atoms with Crippen LogP contribution in [0.2, 0.25) is 0 Å². The second-order valence-electron chi connectivity index (χ2n) is 6.02. The number of carbonyl (C=O) groups excluding carboxylic acids is 1. The predicted molar refractivity (Wildman–Crippen MR) is 92.9 cm³/mol. The van der Waals surface area contributed by atoms with Gasteiger partial charge in [-0.05, 0) is 23.6 Å². The minimum Gasteiger partial charge on any atom is -0.496 e. The minimum atomic E-state index is -0.540. The number of Topliss-reactive ketones (excluding diaryl/α,β-unsaturated/α-hetero) is 1. The first-order valence-electron chi connectivity index (χ1n) is 7.82. The van der Waals surface area contributed by atoms with E-state index in [1.54, 1.807) is 26.2 Å². The zero-order valence-corrected chi connectivity index (χ0v) is 14.3. The molecule has 5 heteroatoms. The van der Waals surface area contributed by atoms with Gasteiger partial charge in [-0.3, -0.25) is 14.9 Å². The monoisotopic (exact) mass is 327 g/mol. The summed E-state index contributed by atoms with van der Waals surface area (Å²) >= 11 is 0. The molecule has 2 aromatic rings. The van der Waals surface area contributed by atoms with E-state index in [9.17, 15) is 14.9 Å². The van der Waals surface area contributed by atoms with Crippen LogP contribution in [0.3, 0.4) is 0 Å². The van der Waals surface area contributed by atoms with E-state index in [1.165, 1.54) is 12.1 Å². The lowest BCUT2D eigenvalue weighted by molar-refractivity contribution is -0.385. The molecular weight excluding hydrogens is 306 g/mol. The van der Waals surface area contributed by atoms with Crippen LogP contribution in [0.1, 0.15) is 54.1 Å². The van der Waals surface area contributed by atoms with E-state index in [0.717, 1.165) is 11.1 Å². The molecule has 126 valence electrons. The zero-order valence-electron chi connectivity index (χ0n) is 14.3. The van der Waals surface area contributed by atoms with Crippen molar-refractivity contribution in [3.8, 4) is 5.75 Å². The molecule has 1 atom stereocenters. The number of ether oxygens (including phenoxy) is 1. The van der Waals surface area contributed by atoms with Crippen molar-refractivity contribution in [2.45, 2.75) is 32.6 Å². The third-order valence-electron chi connectivity index (χ3n) is 4.15. The lowest BCUT2D eigenvalue weighted by Gasteiger charge is -2.17. The van der Waals surface area contributed by atoms with Gasteiger partial charge < -0.3 is 4.74 Å². The van der Waals surface area contributed by atoms with Crippen molar-refractivity contribution < 1.29 is 14.5 Å². The van der Waals surface area contributed by atoms with Gasteiger partial charge in [-0.1, -0.05) is 45.0 Å². The Bertz CT molecular complexity index is 768. The molecule has 0 heterocycles. The first kappa shape index (κ1) is 17.7. The molecule has 0 saturated heterocycles. The van der Waals surface area contributed by atoms with Gasteiger partial charge in [-0.15, -0.1) is 0 Å². The minimum absolute atomic E-state index is 0.116. The van der Waals surface area contributed by atoms with Crippen LogP contribution in [0.4, 0.5) is 5.69 Å². The summed E-state index contributed by atoms with van der Waals surface area (Å²) < 4.78 is 5.43. The number of methoxy groups -OCH3 is 1. The fraction of sp³-hybridized carbons (Fsp3) is 0.316. The van der Waals surface area contributed by atoms with Gasteiger partial charge in [0.1, 0.15) is 5.75 Å². The number of nitro benzene ring substituents is 1. The lowest BCUT2D eigenvalue weighted by atomic mass is 9.89. The van der Waals surface area contributed by atoms with Crippen LogP contribution in [-0.4, -0.2) is 17.8 Å². The Morgan fingerprint density at radius 1 is 1.12 bits per heavy atom. The summed E-state index contributed by atoms with van der Waals surface area (Å²) in [7, 11) is 1.56. The van der Waals surface area contributed by atoms with Crippen molar-refractivity contribution in [3.05, 3.63) is 69.3 Å². The molecule has 0 amide bonds. The van der Waals surface area contributed by atoms with Gasteiger partial charge in [-0.25, -0.2) is 0 Å². The topological polar surface area (TPSA) is 69.4 Å². The molecule has 1 unspecified atom stereocenters. The standard InChI is InChI=1S/C19H21NO4/c1-12(2)14-9-10-15(18(11-14)24-4)13(3)19(21)16-7-5-6-8-17(16)20(22)23/h5-13H,1-4H3. The highest BCUT2D eigenvalue weighted by atomic mass is 16.6. The van der Waals surface area contributed by atoms with Crippen LogP contribution < -0.4 is 4.74 Å². The average molecular weight is 327 g/mol. The highest BCUT2D eigenvalue weighted by Crippen LogP contribution is 2.33. The Morgan fingerprint density at radius 3 is 2.38 bits per heavy atom. The van der Waals surface area contributed by atoms with Crippen LogP contribution in [0.15, 0.2) is 42.5 Å². The van der Waals surface area contributed by atoms with Crippen LogP contribution in [0.25, 0.3) is 0 Å². The summed E-state index contributed by atoms with van der Waals surface area (Å²) in [5.74, 6) is 0.134. The van der Waals surface area contributed by atoms with Gasteiger partial charge in [0.05, 0.1) is 17.6 Å². The maximum atomic E-state index is 12.8. The molecule has 5 nitrogen and oxygen atoms in total. The Balaban J connectivity index is 2.44. The Labute approximate surface area is 141 Å². The molecule has 0 radical (unpaired) electrons. The number of carbonyl (C=O) groups is 1. The SMILES string of the molecule is COc1cc(C(C)C)ccc1C(C)C(=O)c1ccccc1[N+](=O)[O-]. The van der Waals surface area contributed by atoms with Crippen LogP contribution in [-0.2, 0) is 0 Å². The van der Waals surface area contributed by atoms with E-state index in [-0.39, 0.29) is 17.0 Å². The van der Waals surface area contributed by atoms with Gasteiger partial charge in [0.15, 0.2) is 5.78 Å². The number of nitro groups is 1. The summed E-state index contributed by atoms with van der Waals surface area (Å²) in [6, 6.07) is 11.8. The van der Waals surface area contributed by atoms with E-state index in [4.69, 9.17) is 4.74 Å². The molecule has 0 fully saturated rings. The number of ketones is 1. The maximum absolute atomic E-state index is 12.8. The van der Waals surface area contributed by atoms with E-state index < -0.39 is 10.8 Å². The summed E-state index contributed by atoms with van der Waals surface area (Å²) in [6.45, 7) is 5.90. The normalized spacial score (nSPS) is 12.0. The number of hydrogen-bond acceptors (Lipinski definition) is 4. The average Bonchev–Trinajstić information content (AvgIpc) is 2.59. The van der Waals surface area contributed by atoms with Crippen molar-refractivity contribution in [2.75, 3.05) is 7.11 Å². The molecule has 0 saturated carbocycles. The number of hydrogen-bond donors (Lipinski definition) is 0. The molecule has 2 aromatic carbocycles. The number of para-hydroxylation sites is 1. The molecule has 0 aliphatic heterocycles. The van der Waals surface area contributed by atoms with E-state index in [1.807, 2.05) is 18.2 Å². The molecule has 2 rings (SSSR count). The van der Waals surface area contributed by atoms with Crippen molar-refractivity contribution in [3.63, 3.8) is 0 Å². The van der Waals surface area contributed by atoms with Gasteiger partial charge in [0.25, 0.3) is 5.69 Å². The van der Waals surface area contributed by atoms with E-state index in [2.05, 4.69) is 13.8 Å². The van der Waals surface area contributed by atoms with Crippen LogP contribution in [0, 0.1) is 10.1 Å². The quantitative estimate of drug-likeness (QED) is 0.437. The zero-order chi connectivity index (χ0) is 17.9. The summed E-state index contributed by atoms with van der Waals surface area (Å²) in [5, 5.41) is 11.2. The predicted octanol–water partition coefficient (Wildman–Crippen LogP) is 4.71. The van der Waals surface area contributed by atoms with E-state index in [0.29, 0.717) is 11.7 Å². The molecule has 0 aromatic heterocycles. The van der Waals surface area contributed by atoms with Crippen LogP contribution in [0.5, 0.6) is 5.75 Å². The lowest BCUT2D eigenvalue weighted by Crippen LogP contribution is -2.13. The molecule has 0 aliphatic carbocycles. The van der Waals surface area contributed by atoms with Crippen molar-refractivity contribution in [1.82, 2.24) is 0 Å². The third-order valence-corrected chi connectivity index (χ3v) is 4.15. The van der Waals surface area contributed by atoms with Crippen molar-refractivity contribution in [2.24, 2.45) is 0 Å². The molecule has 0 spiro atoms. The Morgan fingerprint density at radius 2 is 1.79 bits per heavy atom. The first-order chi connectivity index (χ1) is 11.4. The maximum Gasteiger partial charge on any atom is 0.280 e. The summed E-state index contributed by atoms with van der Waals surface area (Å²) in [5.41, 5.74) is 1.78. The van der Waals surface area contributed by atoms with Gasteiger partial charge in [-0.2, -0.15) is 0 Å². The fourth-order valence-corrected chi connectivity index (χ4v) is 2.66. The van der Waals surface area contributed by atoms with Gasteiger partial charge >= 0.3 is 0 Å². The van der Waals surface area contributed by atoms with E-state index >= 15 is 0 Å². The van der Waals surface area contributed by atoms with Gasteiger partial charge in [0, 0.05) is 17.5 Å². The largest absolute Gasteiger partial charge is 0.496 e.